The van der Waals surface area contributed by atoms with Crippen LogP contribution in [0.25, 0.3) is 0 Å². The van der Waals surface area contributed by atoms with Crippen molar-refractivity contribution in [3.05, 3.63) is 11.7 Å². The van der Waals surface area contributed by atoms with Crippen LogP contribution in [0.15, 0.2) is 4.52 Å². The Bertz CT molecular complexity index is 430. The molecule has 0 radical (unpaired) electrons. The lowest BCUT2D eigenvalue weighted by Crippen LogP contribution is -2.27. The molecular formula is C13H19N3O2. The van der Waals surface area contributed by atoms with E-state index in [1.807, 2.05) is 13.8 Å². The fraction of sp³-hybridized carbons (Fsp3) is 0.769. The van der Waals surface area contributed by atoms with Crippen LogP contribution < -0.4 is 0 Å². The van der Waals surface area contributed by atoms with Crippen LogP contribution in [0, 0.1) is 17.2 Å². The van der Waals surface area contributed by atoms with Crippen molar-refractivity contribution in [2.75, 3.05) is 6.61 Å². The Hall–Kier alpha value is -1.41. The maximum atomic E-state index is 8.78. The summed E-state index contributed by atoms with van der Waals surface area (Å²) in [7, 11) is 0. The van der Waals surface area contributed by atoms with Gasteiger partial charge in [0.1, 0.15) is 5.60 Å². The third kappa shape index (κ3) is 2.54. The summed E-state index contributed by atoms with van der Waals surface area (Å²) in [4.78, 5) is 4.42. The summed E-state index contributed by atoms with van der Waals surface area (Å²) in [5, 5.41) is 12.8. The number of nitriles is 1. The molecule has 98 valence electrons. The summed E-state index contributed by atoms with van der Waals surface area (Å²) in [5.41, 5.74) is -0.355. The minimum atomic E-state index is -0.355. The Labute approximate surface area is 107 Å². The molecule has 2 rings (SSSR count). The van der Waals surface area contributed by atoms with Crippen LogP contribution >= 0.6 is 0 Å². The largest absolute Gasteiger partial charge is 0.367 e. The van der Waals surface area contributed by atoms with Crippen molar-refractivity contribution in [3.8, 4) is 6.07 Å². The quantitative estimate of drug-likeness (QED) is 0.802. The monoisotopic (exact) mass is 249 g/mol. The van der Waals surface area contributed by atoms with Gasteiger partial charge in [-0.3, -0.25) is 0 Å². The predicted octanol–water partition coefficient (Wildman–Crippen LogP) is 2.58. The van der Waals surface area contributed by atoms with Gasteiger partial charge < -0.3 is 9.26 Å². The molecule has 0 saturated heterocycles. The molecule has 1 aliphatic rings. The van der Waals surface area contributed by atoms with E-state index in [0.717, 1.165) is 25.7 Å². The van der Waals surface area contributed by atoms with Gasteiger partial charge in [-0.25, -0.2) is 0 Å². The molecule has 1 unspecified atom stereocenters. The highest BCUT2D eigenvalue weighted by Gasteiger charge is 2.40. The number of nitrogens with zero attached hydrogens (tertiary/aromatic N) is 3. The molecule has 1 saturated carbocycles. The van der Waals surface area contributed by atoms with Gasteiger partial charge in [0.25, 0.3) is 0 Å². The number of ether oxygens (including phenoxy) is 1. The molecule has 1 fully saturated rings. The number of hydrogen-bond acceptors (Lipinski definition) is 5. The molecule has 0 aliphatic heterocycles. The van der Waals surface area contributed by atoms with Crippen molar-refractivity contribution in [2.24, 2.45) is 5.92 Å². The van der Waals surface area contributed by atoms with E-state index < -0.39 is 0 Å². The smallest absolute Gasteiger partial charge is 0.228 e. The van der Waals surface area contributed by atoms with Crippen LogP contribution in [0.1, 0.15) is 51.2 Å². The van der Waals surface area contributed by atoms with Crippen molar-refractivity contribution in [1.82, 2.24) is 10.1 Å². The van der Waals surface area contributed by atoms with Gasteiger partial charge in [0.05, 0.1) is 12.0 Å². The first-order chi connectivity index (χ1) is 8.70. The highest BCUT2D eigenvalue weighted by Crippen LogP contribution is 2.40. The Morgan fingerprint density at radius 2 is 2.22 bits per heavy atom. The van der Waals surface area contributed by atoms with Gasteiger partial charge in [0.2, 0.25) is 11.7 Å². The molecule has 5 nitrogen and oxygen atoms in total. The third-order valence-electron chi connectivity index (χ3n) is 3.41. The number of rotatable bonds is 5. The van der Waals surface area contributed by atoms with Crippen LogP contribution in [-0.2, 0) is 16.8 Å². The highest BCUT2D eigenvalue weighted by atomic mass is 16.5. The van der Waals surface area contributed by atoms with Gasteiger partial charge in [0, 0.05) is 13.0 Å². The van der Waals surface area contributed by atoms with Crippen molar-refractivity contribution in [2.45, 2.75) is 51.6 Å². The molecule has 1 heterocycles. The van der Waals surface area contributed by atoms with E-state index in [-0.39, 0.29) is 11.5 Å². The van der Waals surface area contributed by atoms with Gasteiger partial charge in [-0.15, -0.1) is 0 Å². The summed E-state index contributed by atoms with van der Waals surface area (Å²) in [6.45, 7) is 4.48. The first-order valence-electron chi connectivity index (χ1n) is 6.57. The Morgan fingerprint density at radius 1 is 1.50 bits per heavy atom. The molecule has 0 amide bonds. The summed E-state index contributed by atoms with van der Waals surface area (Å²) < 4.78 is 11.1. The lowest BCUT2D eigenvalue weighted by atomic mass is 10.0. The molecule has 1 aliphatic carbocycles. The van der Waals surface area contributed by atoms with Gasteiger partial charge in [0.15, 0.2) is 0 Å². The molecule has 0 spiro atoms. The summed E-state index contributed by atoms with van der Waals surface area (Å²) in [5.74, 6) is 1.08. The first-order valence-corrected chi connectivity index (χ1v) is 6.57. The molecule has 1 aromatic heterocycles. The second-order valence-corrected chi connectivity index (χ2v) is 4.88. The van der Waals surface area contributed by atoms with Crippen LogP contribution in [0.5, 0.6) is 0 Å². The Kier molecular flexibility index (Phi) is 3.97. The minimum absolute atomic E-state index is 0.107. The highest BCUT2D eigenvalue weighted by molar-refractivity contribution is 5.05. The van der Waals surface area contributed by atoms with Gasteiger partial charge in [-0.1, -0.05) is 5.16 Å². The molecule has 0 aromatic carbocycles. The van der Waals surface area contributed by atoms with Crippen LogP contribution in [-0.4, -0.2) is 16.7 Å². The minimum Gasteiger partial charge on any atom is -0.367 e. The first kappa shape index (κ1) is 13.0. The number of hydrogen-bond donors (Lipinski definition) is 0. The second-order valence-electron chi connectivity index (χ2n) is 4.88. The summed E-state index contributed by atoms with van der Waals surface area (Å²) in [6.07, 6.45) is 4.68. The maximum Gasteiger partial charge on any atom is 0.228 e. The lowest BCUT2D eigenvalue weighted by molar-refractivity contribution is -0.0469. The van der Waals surface area contributed by atoms with Crippen LogP contribution in [0.2, 0.25) is 0 Å². The zero-order chi connectivity index (χ0) is 13.0. The van der Waals surface area contributed by atoms with Crippen molar-refractivity contribution >= 4 is 0 Å². The van der Waals surface area contributed by atoms with Crippen LogP contribution in [0.3, 0.4) is 0 Å². The standard InChI is InChI=1S/C13H19N3O2/c1-3-17-13(6-4-5-7-13)12-15-11(18-16-12)8-10(2)9-14/h10H,3-8H2,1-2H3. The van der Waals surface area contributed by atoms with Gasteiger partial charge >= 0.3 is 0 Å². The van der Waals surface area contributed by atoms with Crippen LogP contribution in [0.4, 0.5) is 0 Å². The van der Waals surface area contributed by atoms with E-state index in [4.69, 9.17) is 14.5 Å². The zero-order valence-electron chi connectivity index (χ0n) is 11.0. The normalized spacial score (nSPS) is 19.6. The average molecular weight is 249 g/mol. The fourth-order valence-corrected chi connectivity index (χ4v) is 2.49. The zero-order valence-corrected chi connectivity index (χ0v) is 11.0. The maximum absolute atomic E-state index is 8.78. The average Bonchev–Trinajstić information content (AvgIpc) is 2.99. The molecule has 5 heteroatoms. The number of aromatic nitrogens is 2. The molecule has 1 aromatic rings. The van der Waals surface area contributed by atoms with Crippen molar-refractivity contribution in [1.29, 1.82) is 5.26 Å². The predicted molar refractivity (Wildman–Crippen MR) is 64.6 cm³/mol. The third-order valence-corrected chi connectivity index (χ3v) is 3.41. The molecule has 0 N–H and O–H groups in total. The van der Waals surface area contributed by atoms with Crippen molar-refractivity contribution in [3.63, 3.8) is 0 Å². The topological polar surface area (TPSA) is 71.9 Å². The molecule has 0 bridgehead atoms. The fourth-order valence-electron chi connectivity index (χ4n) is 2.49. The molecule has 18 heavy (non-hydrogen) atoms. The van der Waals surface area contributed by atoms with E-state index in [0.29, 0.717) is 24.7 Å². The SMILES string of the molecule is CCOC1(c2noc(CC(C)C#N)n2)CCCC1. The van der Waals surface area contributed by atoms with E-state index in [2.05, 4.69) is 16.2 Å². The summed E-state index contributed by atoms with van der Waals surface area (Å²) in [6, 6.07) is 2.17. The van der Waals surface area contributed by atoms with E-state index in [1.165, 1.54) is 0 Å². The second kappa shape index (κ2) is 5.49. The van der Waals surface area contributed by atoms with E-state index in [1.54, 1.807) is 0 Å². The van der Waals surface area contributed by atoms with Gasteiger partial charge in [-0.05, 0) is 39.5 Å². The lowest BCUT2D eigenvalue weighted by Gasteiger charge is -2.24. The Morgan fingerprint density at radius 3 is 2.83 bits per heavy atom. The van der Waals surface area contributed by atoms with Crippen molar-refractivity contribution < 1.29 is 9.26 Å². The van der Waals surface area contributed by atoms with Gasteiger partial charge in [-0.2, -0.15) is 10.2 Å². The van der Waals surface area contributed by atoms with E-state index in [9.17, 15) is 0 Å². The molecule has 1 atom stereocenters. The van der Waals surface area contributed by atoms with E-state index >= 15 is 0 Å². The molecular weight excluding hydrogens is 230 g/mol. The summed E-state index contributed by atoms with van der Waals surface area (Å²) >= 11 is 0. The Balaban J connectivity index is 2.15.